The second kappa shape index (κ2) is 12.3. The molecule has 1 fully saturated rings. The average Bonchev–Trinajstić information content (AvgIpc) is 2.87. The van der Waals surface area contributed by atoms with E-state index in [2.05, 4.69) is 19.2 Å². The van der Waals surface area contributed by atoms with E-state index in [0.29, 0.717) is 49.1 Å². The van der Waals surface area contributed by atoms with E-state index in [1.54, 1.807) is 44.4 Å². The van der Waals surface area contributed by atoms with Crippen molar-refractivity contribution >= 4 is 23.1 Å². The Morgan fingerprint density at radius 3 is 2.59 bits per heavy atom. The standard InChI is InChI=1S/C31H38FNO6/c1-19-13-20(5-12-28(19)32)26-16-25(38-18-29(35)33-21-6-8-23(37-4)9-7-21)17-31(2,3)27(26)11-10-24-14-22(34)15-30(36)39-24/h5-9,12-13,22,24-25,34H,10-11,14-18H2,1-4H3,(H,33,35). The summed E-state index contributed by atoms with van der Waals surface area (Å²) >= 11 is 0. The number of esters is 1. The van der Waals surface area contributed by atoms with Gasteiger partial charge in [0.1, 0.15) is 24.3 Å². The van der Waals surface area contributed by atoms with Crippen LogP contribution in [0.5, 0.6) is 5.75 Å². The molecule has 2 aromatic carbocycles. The van der Waals surface area contributed by atoms with Crippen molar-refractivity contribution in [3.63, 3.8) is 0 Å². The molecule has 7 nitrogen and oxygen atoms in total. The van der Waals surface area contributed by atoms with E-state index < -0.39 is 6.10 Å². The summed E-state index contributed by atoms with van der Waals surface area (Å²) in [5.41, 5.74) is 4.14. The molecule has 0 bridgehead atoms. The number of rotatable bonds is 9. The van der Waals surface area contributed by atoms with E-state index in [9.17, 15) is 19.1 Å². The van der Waals surface area contributed by atoms with Gasteiger partial charge in [-0.25, -0.2) is 4.39 Å². The third-order valence-corrected chi connectivity index (χ3v) is 7.63. The van der Waals surface area contributed by atoms with Crippen molar-refractivity contribution in [3.05, 3.63) is 65.0 Å². The topological polar surface area (TPSA) is 94.1 Å². The number of aryl methyl sites for hydroxylation is 1. The minimum absolute atomic E-state index is 0.0376. The predicted molar refractivity (Wildman–Crippen MR) is 147 cm³/mol. The number of anilines is 1. The molecule has 0 saturated carbocycles. The lowest BCUT2D eigenvalue weighted by Crippen LogP contribution is -2.35. The first-order valence-electron chi connectivity index (χ1n) is 13.5. The van der Waals surface area contributed by atoms with E-state index in [1.807, 2.05) is 6.07 Å². The van der Waals surface area contributed by atoms with Crippen LogP contribution in [-0.4, -0.2) is 49.0 Å². The van der Waals surface area contributed by atoms with Crippen molar-refractivity contribution in [2.75, 3.05) is 19.0 Å². The predicted octanol–water partition coefficient (Wildman–Crippen LogP) is 5.59. The molecule has 0 spiro atoms. The number of cyclic esters (lactones) is 1. The van der Waals surface area contributed by atoms with Crippen LogP contribution in [0.25, 0.3) is 5.57 Å². The van der Waals surface area contributed by atoms with Gasteiger partial charge in [0.2, 0.25) is 5.91 Å². The van der Waals surface area contributed by atoms with Gasteiger partial charge in [-0.3, -0.25) is 9.59 Å². The summed E-state index contributed by atoms with van der Waals surface area (Å²) in [7, 11) is 1.59. The maximum absolute atomic E-state index is 14.1. The molecule has 3 atom stereocenters. The lowest BCUT2D eigenvalue weighted by Gasteiger charge is -2.40. The molecule has 8 heteroatoms. The molecule has 0 aromatic heterocycles. The molecule has 39 heavy (non-hydrogen) atoms. The fourth-order valence-electron chi connectivity index (χ4n) is 5.66. The Bertz CT molecular complexity index is 1220. The monoisotopic (exact) mass is 539 g/mol. The minimum atomic E-state index is -0.675. The van der Waals surface area contributed by atoms with E-state index >= 15 is 0 Å². The van der Waals surface area contributed by atoms with Crippen LogP contribution in [0.3, 0.4) is 0 Å². The zero-order valence-electron chi connectivity index (χ0n) is 23.1. The van der Waals surface area contributed by atoms with Crippen LogP contribution in [0, 0.1) is 18.2 Å². The van der Waals surface area contributed by atoms with Gasteiger partial charge in [0, 0.05) is 12.1 Å². The van der Waals surface area contributed by atoms with Crippen molar-refractivity contribution < 1.29 is 33.3 Å². The van der Waals surface area contributed by atoms with Crippen molar-refractivity contribution in [2.45, 2.75) is 77.6 Å². The second-order valence-electron chi connectivity index (χ2n) is 11.2. The second-order valence-corrected chi connectivity index (χ2v) is 11.2. The summed E-state index contributed by atoms with van der Waals surface area (Å²) < 4.78 is 30.9. The van der Waals surface area contributed by atoms with Crippen LogP contribution in [0.1, 0.15) is 63.5 Å². The van der Waals surface area contributed by atoms with Gasteiger partial charge < -0.3 is 24.6 Å². The SMILES string of the molecule is COc1ccc(NC(=O)COC2CC(c3ccc(F)c(C)c3)=C(CCC3CC(O)CC(=O)O3)C(C)(C)C2)cc1. The smallest absolute Gasteiger partial charge is 0.308 e. The normalized spacial score (nSPS) is 22.8. The number of amides is 1. The summed E-state index contributed by atoms with van der Waals surface area (Å²) in [4.78, 5) is 24.5. The van der Waals surface area contributed by atoms with Gasteiger partial charge in [0.25, 0.3) is 0 Å². The molecule has 210 valence electrons. The molecule has 2 aliphatic rings. The Balaban J connectivity index is 1.50. The van der Waals surface area contributed by atoms with E-state index in [-0.39, 0.29) is 48.3 Å². The van der Waals surface area contributed by atoms with Crippen LogP contribution >= 0.6 is 0 Å². The first kappa shape index (κ1) is 28.8. The lowest BCUT2D eigenvalue weighted by molar-refractivity contribution is -0.160. The summed E-state index contributed by atoms with van der Waals surface area (Å²) in [6.45, 7) is 5.95. The number of aliphatic hydroxyl groups excluding tert-OH is 1. The molecule has 4 rings (SSSR count). The molecule has 0 radical (unpaired) electrons. The summed E-state index contributed by atoms with van der Waals surface area (Å²) in [6, 6.07) is 12.2. The zero-order valence-corrected chi connectivity index (χ0v) is 23.1. The van der Waals surface area contributed by atoms with E-state index in [4.69, 9.17) is 14.2 Å². The Kier molecular flexibility index (Phi) is 9.08. The van der Waals surface area contributed by atoms with Crippen LogP contribution in [0.15, 0.2) is 48.0 Å². The number of carbonyl (C=O) groups excluding carboxylic acids is 2. The van der Waals surface area contributed by atoms with Crippen molar-refractivity contribution in [2.24, 2.45) is 5.41 Å². The number of hydrogen-bond acceptors (Lipinski definition) is 6. The van der Waals surface area contributed by atoms with Crippen LogP contribution in [0.2, 0.25) is 0 Å². The zero-order chi connectivity index (χ0) is 28.2. The number of benzene rings is 2. The Morgan fingerprint density at radius 1 is 1.18 bits per heavy atom. The summed E-state index contributed by atoms with van der Waals surface area (Å²) in [5, 5.41) is 12.9. The molecule has 1 aliphatic heterocycles. The first-order chi connectivity index (χ1) is 18.5. The number of allylic oxidation sites excluding steroid dienone is 1. The van der Waals surface area contributed by atoms with E-state index in [1.165, 1.54) is 11.6 Å². The minimum Gasteiger partial charge on any atom is -0.497 e. The lowest BCUT2D eigenvalue weighted by atomic mass is 9.68. The van der Waals surface area contributed by atoms with Crippen LogP contribution in [-0.2, 0) is 19.1 Å². The number of hydrogen-bond donors (Lipinski definition) is 2. The highest BCUT2D eigenvalue weighted by molar-refractivity contribution is 5.91. The number of halogens is 1. The molecule has 1 amide bonds. The van der Waals surface area contributed by atoms with Gasteiger partial charge in [0.15, 0.2) is 0 Å². The summed E-state index contributed by atoms with van der Waals surface area (Å²) in [5.74, 6) is -0.171. The van der Waals surface area contributed by atoms with Crippen LogP contribution in [0.4, 0.5) is 10.1 Å². The molecule has 3 unspecified atom stereocenters. The van der Waals surface area contributed by atoms with Gasteiger partial charge in [0.05, 0.1) is 25.7 Å². The highest BCUT2D eigenvalue weighted by atomic mass is 19.1. The number of methoxy groups -OCH3 is 1. The Labute approximate surface area is 229 Å². The third-order valence-electron chi connectivity index (χ3n) is 7.63. The van der Waals surface area contributed by atoms with Crippen molar-refractivity contribution in [1.82, 2.24) is 0 Å². The van der Waals surface area contributed by atoms with Gasteiger partial charge in [-0.05, 0) is 91.1 Å². The molecule has 1 heterocycles. The van der Waals surface area contributed by atoms with Crippen LogP contribution < -0.4 is 10.1 Å². The maximum atomic E-state index is 14.1. The first-order valence-corrected chi connectivity index (χ1v) is 13.5. The fraction of sp³-hybridized carbons (Fsp3) is 0.484. The number of ether oxygens (including phenoxy) is 3. The molecular weight excluding hydrogens is 501 g/mol. The maximum Gasteiger partial charge on any atom is 0.308 e. The van der Waals surface area contributed by atoms with Gasteiger partial charge >= 0.3 is 5.97 Å². The summed E-state index contributed by atoms with van der Waals surface area (Å²) in [6.07, 6.45) is 1.80. The van der Waals surface area contributed by atoms with Gasteiger partial charge in [-0.2, -0.15) is 0 Å². The number of aliphatic hydroxyl groups is 1. The number of carbonyl (C=O) groups is 2. The third kappa shape index (κ3) is 7.46. The fourth-order valence-corrected chi connectivity index (χ4v) is 5.66. The Morgan fingerprint density at radius 2 is 1.92 bits per heavy atom. The largest absolute Gasteiger partial charge is 0.497 e. The van der Waals surface area contributed by atoms with Crippen molar-refractivity contribution in [1.29, 1.82) is 0 Å². The molecule has 2 aromatic rings. The average molecular weight is 540 g/mol. The van der Waals surface area contributed by atoms with E-state index in [0.717, 1.165) is 11.1 Å². The molecule has 2 N–H and O–H groups in total. The number of nitrogens with one attached hydrogen (secondary N) is 1. The van der Waals surface area contributed by atoms with Crippen molar-refractivity contribution in [3.8, 4) is 5.75 Å². The van der Waals surface area contributed by atoms with Gasteiger partial charge in [-0.1, -0.05) is 25.5 Å². The van der Waals surface area contributed by atoms with Gasteiger partial charge in [-0.15, -0.1) is 0 Å². The Hall–Kier alpha value is -3.23. The molecule has 1 saturated heterocycles. The highest BCUT2D eigenvalue weighted by Crippen LogP contribution is 2.47. The highest BCUT2D eigenvalue weighted by Gasteiger charge is 2.37. The molecule has 1 aliphatic carbocycles. The quantitative estimate of drug-likeness (QED) is 0.404. The molecular formula is C31H38FNO6.